The van der Waals surface area contributed by atoms with Crippen LogP contribution in [0.3, 0.4) is 0 Å². The molecule has 2 atom stereocenters. The Morgan fingerprint density at radius 2 is 2.21 bits per heavy atom. The minimum absolute atomic E-state index is 0.123. The molecule has 2 heterocycles. The summed E-state index contributed by atoms with van der Waals surface area (Å²) >= 11 is 0. The molecule has 3 rings (SSSR count). The zero-order chi connectivity index (χ0) is 13.1. The second-order valence-electron chi connectivity index (χ2n) is 4.72. The number of benzene rings is 1. The molecule has 1 aliphatic rings. The molecule has 1 aromatic carbocycles. The molecule has 1 aliphatic heterocycles. The molecule has 5 heteroatoms. The van der Waals surface area contributed by atoms with E-state index < -0.39 is 0 Å². The van der Waals surface area contributed by atoms with Crippen molar-refractivity contribution in [3.05, 3.63) is 42.2 Å². The molecule has 1 fully saturated rings. The molecule has 19 heavy (non-hydrogen) atoms. The van der Waals surface area contributed by atoms with Crippen molar-refractivity contribution in [3.8, 4) is 5.69 Å². The highest BCUT2D eigenvalue weighted by atomic mass is 16.5. The molecule has 1 saturated heterocycles. The monoisotopic (exact) mass is 258 g/mol. The molecule has 1 aromatic heterocycles. The van der Waals surface area contributed by atoms with Gasteiger partial charge in [0.1, 0.15) is 0 Å². The molecule has 1 N–H and O–H groups in total. The van der Waals surface area contributed by atoms with Gasteiger partial charge >= 0.3 is 0 Å². The molecule has 5 nitrogen and oxygen atoms in total. The smallest absolute Gasteiger partial charge is 0.0841 e. The van der Waals surface area contributed by atoms with Crippen LogP contribution in [0.15, 0.2) is 36.5 Å². The summed E-state index contributed by atoms with van der Waals surface area (Å²) in [5, 5.41) is 11.6. The minimum atomic E-state index is 0.123. The third kappa shape index (κ3) is 2.39. The van der Waals surface area contributed by atoms with E-state index in [1.807, 2.05) is 48.3 Å². The van der Waals surface area contributed by atoms with E-state index in [-0.39, 0.29) is 12.1 Å². The van der Waals surface area contributed by atoms with E-state index in [4.69, 9.17) is 4.74 Å². The zero-order valence-corrected chi connectivity index (χ0v) is 11.0. The predicted molar refractivity (Wildman–Crippen MR) is 72.1 cm³/mol. The van der Waals surface area contributed by atoms with Gasteiger partial charge in [0.2, 0.25) is 0 Å². The molecule has 0 spiro atoms. The van der Waals surface area contributed by atoms with Crippen molar-refractivity contribution in [1.82, 2.24) is 20.3 Å². The first-order chi connectivity index (χ1) is 9.40. The van der Waals surface area contributed by atoms with Crippen LogP contribution in [0.4, 0.5) is 0 Å². The number of hydrogen-bond donors (Lipinski definition) is 1. The SMILES string of the molecule is CNC(c1cnnn1-c1ccccc1)C1CCCO1. The van der Waals surface area contributed by atoms with Crippen molar-refractivity contribution in [2.45, 2.75) is 25.0 Å². The molecule has 0 aliphatic carbocycles. The van der Waals surface area contributed by atoms with Gasteiger partial charge in [-0.15, -0.1) is 5.10 Å². The maximum absolute atomic E-state index is 5.79. The van der Waals surface area contributed by atoms with Crippen molar-refractivity contribution >= 4 is 0 Å². The Morgan fingerprint density at radius 3 is 2.89 bits per heavy atom. The van der Waals surface area contributed by atoms with Gasteiger partial charge in [-0.3, -0.25) is 0 Å². The Bertz CT molecular complexity index is 519. The van der Waals surface area contributed by atoms with Crippen LogP contribution in [0.5, 0.6) is 0 Å². The molecule has 0 radical (unpaired) electrons. The van der Waals surface area contributed by atoms with Crippen molar-refractivity contribution in [1.29, 1.82) is 0 Å². The first-order valence-corrected chi connectivity index (χ1v) is 6.65. The average Bonchev–Trinajstić information content (AvgIpc) is 3.12. The number of nitrogens with one attached hydrogen (secondary N) is 1. The summed E-state index contributed by atoms with van der Waals surface area (Å²) in [4.78, 5) is 0. The van der Waals surface area contributed by atoms with Crippen molar-refractivity contribution < 1.29 is 4.74 Å². The summed E-state index contributed by atoms with van der Waals surface area (Å²) in [5.74, 6) is 0. The number of nitrogens with zero attached hydrogens (tertiary/aromatic N) is 3. The molecule has 0 bridgehead atoms. The quantitative estimate of drug-likeness (QED) is 0.907. The summed E-state index contributed by atoms with van der Waals surface area (Å²) in [6.45, 7) is 0.843. The summed E-state index contributed by atoms with van der Waals surface area (Å²) in [6.07, 6.45) is 4.21. The van der Waals surface area contributed by atoms with Crippen LogP contribution in [-0.4, -0.2) is 34.8 Å². The molecule has 2 unspecified atom stereocenters. The fraction of sp³-hybridized carbons (Fsp3) is 0.429. The number of likely N-dealkylation sites (N-methyl/N-ethyl adjacent to an activating group) is 1. The van der Waals surface area contributed by atoms with Gasteiger partial charge < -0.3 is 10.1 Å². The van der Waals surface area contributed by atoms with Crippen LogP contribution in [-0.2, 0) is 4.74 Å². The van der Waals surface area contributed by atoms with Crippen LogP contribution in [0, 0.1) is 0 Å². The van der Waals surface area contributed by atoms with E-state index in [0.29, 0.717) is 0 Å². The van der Waals surface area contributed by atoms with Gasteiger partial charge in [-0.1, -0.05) is 23.4 Å². The lowest BCUT2D eigenvalue weighted by Crippen LogP contribution is -2.30. The number of rotatable bonds is 4. The summed E-state index contributed by atoms with van der Waals surface area (Å²) in [6, 6.07) is 10.2. The highest BCUT2D eigenvalue weighted by molar-refractivity contribution is 5.32. The van der Waals surface area contributed by atoms with E-state index in [1.54, 1.807) is 0 Å². The summed E-state index contributed by atoms with van der Waals surface area (Å²) in [7, 11) is 1.95. The molecular formula is C14H18N4O. The molecule has 0 saturated carbocycles. The Kier molecular flexibility index (Phi) is 3.57. The predicted octanol–water partition coefficient (Wildman–Crippen LogP) is 1.71. The number of aromatic nitrogens is 3. The van der Waals surface area contributed by atoms with Gasteiger partial charge in [-0.2, -0.15) is 0 Å². The highest BCUT2D eigenvalue weighted by Gasteiger charge is 2.29. The fourth-order valence-corrected chi connectivity index (χ4v) is 2.61. The van der Waals surface area contributed by atoms with Gasteiger partial charge in [0.15, 0.2) is 0 Å². The molecule has 2 aromatic rings. The maximum Gasteiger partial charge on any atom is 0.0841 e. The zero-order valence-electron chi connectivity index (χ0n) is 11.0. The Balaban J connectivity index is 1.94. The first kappa shape index (κ1) is 12.3. The second-order valence-corrected chi connectivity index (χ2v) is 4.72. The topological polar surface area (TPSA) is 52.0 Å². The number of para-hydroxylation sites is 1. The Morgan fingerprint density at radius 1 is 1.37 bits per heavy atom. The van der Waals surface area contributed by atoms with Crippen LogP contribution < -0.4 is 5.32 Å². The van der Waals surface area contributed by atoms with E-state index in [0.717, 1.165) is 30.8 Å². The molecule has 100 valence electrons. The average molecular weight is 258 g/mol. The number of ether oxygens (including phenoxy) is 1. The standard InChI is InChI=1S/C14H18N4O/c1-15-14(13-8-5-9-19-13)12-10-16-17-18(12)11-6-3-2-4-7-11/h2-4,6-7,10,13-15H,5,8-9H2,1H3. The summed E-state index contributed by atoms with van der Waals surface area (Å²) in [5.41, 5.74) is 2.06. The first-order valence-electron chi connectivity index (χ1n) is 6.65. The second kappa shape index (κ2) is 5.50. The van der Waals surface area contributed by atoms with Crippen molar-refractivity contribution in [2.24, 2.45) is 0 Å². The lowest BCUT2D eigenvalue weighted by atomic mass is 10.1. The minimum Gasteiger partial charge on any atom is -0.376 e. The lowest BCUT2D eigenvalue weighted by molar-refractivity contribution is 0.0788. The van der Waals surface area contributed by atoms with Crippen LogP contribution >= 0.6 is 0 Å². The highest BCUT2D eigenvalue weighted by Crippen LogP contribution is 2.27. The molecule has 0 amide bonds. The maximum atomic E-state index is 5.79. The van der Waals surface area contributed by atoms with Crippen LogP contribution in [0.25, 0.3) is 5.69 Å². The summed E-state index contributed by atoms with van der Waals surface area (Å²) < 4.78 is 7.67. The van der Waals surface area contributed by atoms with Gasteiger partial charge in [0, 0.05) is 6.61 Å². The van der Waals surface area contributed by atoms with Gasteiger partial charge in [-0.05, 0) is 32.0 Å². The van der Waals surface area contributed by atoms with Gasteiger partial charge in [-0.25, -0.2) is 4.68 Å². The van der Waals surface area contributed by atoms with E-state index in [2.05, 4.69) is 15.6 Å². The van der Waals surface area contributed by atoms with E-state index >= 15 is 0 Å². The van der Waals surface area contributed by atoms with E-state index in [1.165, 1.54) is 0 Å². The third-order valence-corrected chi connectivity index (χ3v) is 3.54. The van der Waals surface area contributed by atoms with Crippen LogP contribution in [0.1, 0.15) is 24.6 Å². The van der Waals surface area contributed by atoms with Crippen molar-refractivity contribution in [3.63, 3.8) is 0 Å². The third-order valence-electron chi connectivity index (χ3n) is 3.54. The lowest BCUT2D eigenvalue weighted by Gasteiger charge is -2.22. The fourth-order valence-electron chi connectivity index (χ4n) is 2.61. The molecular weight excluding hydrogens is 240 g/mol. The van der Waals surface area contributed by atoms with Crippen LogP contribution in [0.2, 0.25) is 0 Å². The normalized spacial score (nSPS) is 20.6. The largest absolute Gasteiger partial charge is 0.376 e. The Labute approximate surface area is 112 Å². The van der Waals surface area contributed by atoms with Gasteiger partial charge in [0.25, 0.3) is 0 Å². The van der Waals surface area contributed by atoms with Crippen molar-refractivity contribution in [2.75, 3.05) is 13.7 Å². The van der Waals surface area contributed by atoms with Gasteiger partial charge in [0.05, 0.1) is 29.7 Å². The van der Waals surface area contributed by atoms with E-state index in [9.17, 15) is 0 Å². The Hall–Kier alpha value is -1.72. The number of hydrogen-bond acceptors (Lipinski definition) is 4.